The fourth-order valence-corrected chi connectivity index (χ4v) is 2.48. The summed E-state index contributed by atoms with van der Waals surface area (Å²) in [5, 5.41) is 15.4. The lowest BCUT2D eigenvalue weighted by molar-refractivity contribution is 0.0698. The van der Waals surface area contributed by atoms with Gasteiger partial charge in [0.05, 0.1) is 16.3 Å². The van der Waals surface area contributed by atoms with Crippen molar-refractivity contribution in [3.63, 3.8) is 0 Å². The van der Waals surface area contributed by atoms with Gasteiger partial charge in [0.1, 0.15) is 0 Å². The summed E-state index contributed by atoms with van der Waals surface area (Å²) in [7, 11) is 0. The normalized spacial score (nSPS) is 10.4. The van der Waals surface area contributed by atoms with Crippen molar-refractivity contribution < 1.29 is 9.90 Å². The van der Waals surface area contributed by atoms with Gasteiger partial charge in [-0.25, -0.2) is 9.78 Å². The first-order chi connectivity index (χ1) is 9.06. The molecule has 5 heteroatoms. The first kappa shape index (κ1) is 13.5. The number of hydrogen-bond acceptors (Lipinski definition) is 4. The fraction of sp³-hybridized carbons (Fsp3) is 0.286. The Morgan fingerprint density at radius 1 is 1.42 bits per heavy atom. The molecule has 1 heterocycles. The molecule has 1 aromatic heterocycles. The number of carboxylic acids is 1. The zero-order valence-corrected chi connectivity index (χ0v) is 11.8. The molecule has 100 valence electrons. The van der Waals surface area contributed by atoms with Crippen LogP contribution in [0.1, 0.15) is 26.6 Å². The van der Waals surface area contributed by atoms with Gasteiger partial charge in [-0.3, -0.25) is 0 Å². The molecule has 0 saturated carbocycles. The Balaban J connectivity index is 2.01. The molecular weight excluding hydrogens is 260 g/mol. The van der Waals surface area contributed by atoms with Crippen LogP contribution >= 0.6 is 11.3 Å². The zero-order valence-electron chi connectivity index (χ0n) is 10.9. The maximum absolute atomic E-state index is 11.2. The van der Waals surface area contributed by atoms with Crippen molar-refractivity contribution in [1.82, 2.24) is 4.98 Å². The van der Waals surface area contributed by atoms with Gasteiger partial charge in [0.2, 0.25) is 0 Å². The van der Waals surface area contributed by atoms with E-state index in [-0.39, 0.29) is 0 Å². The molecule has 0 radical (unpaired) electrons. The molecule has 1 aromatic carbocycles. The minimum absolute atomic E-state index is 0.314. The molecule has 4 nitrogen and oxygen atoms in total. The number of carboxylic acid groups (broad SMARTS) is 1. The Kier molecular flexibility index (Phi) is 4.16. The minimum Gasteiger partial charge on any atom is -0.478 e. The van der Waals surface area contributed by atoms with E-state index >= 15 is 0 Å². The molecule has 0 saturated heterocycles. The Hall–Kier alpha value is -1.88. The lowest BCUT2D eigenvalue weighted by Crippen LogP contribution is -2.10. The zero-order chi connectivity index (χ0) is 13.8. The van der Waals surface area contributed by atoms with Gasteiger partial charge < -0.3 is 10.4 Å². The second kappa shape index (κ2) is 5.84. The lowest BCUT2D eigenvalue weighted by Gasteiger charge is -2.09. The van der Waals surface area contributed by atoms with Crippen molar-refractivity contribution >= 4 is 23.0 Å². The average molecular weight is 276 g/mol. The number of aromatic carboxylic acids is 1. The maximum Gasteiger partial charge on any atom is 0.337 e. The predicted molar refractivity (Wildman–Crippen MR) is 77.2 cm³/mol. The second-order valence-corrected chi connectivity index (χ2v) is 5.45. The number of carbonyl (C=O) groups is 1. The Morgan fingerprint density at radius 2 is 2.21 bits per heavy atom. The maximum atomic E-state index is 11.2. The Morgan fingerprint density at radius 3 is 2.84 bits per heavy atom. The van der Waals surface area contributed by atoms with Crippen LogP contribution in [0, 0.1) is 13.8 Å². The summed E-state index contributed by atoms with van der Waals surface area (Å²) >= 11 is 1.63. The first-order valence-electron chi connectivity index (χ1n) is 6.05. The molecule has 19 heavy (non-hydrogen) atoms. The van der Waals surface area contributed by atoms with Gasteiger partial charge >= 0.3 is 5.97 Å². The molecule has 0 atom stereocenters. The van der Waals surface area contributed by atoms with Gasteiger partial charge in [0, 0.05) is 24.0 Å². The van der Waals surface area contributed by atoms with Gasteiger partial charge in [0.15, 0.2) is 0 Å². The van der Waals surface area contributed by atoms with Crippen molar-refractivity contribution in [2.24, 2.45) is 0 Å². The molecular formula is C14H16N2O2S. The van der Waals surface area contributed by atoms with Gasteiger partial charge in [-0.1, -0.05) is 11.6 Å². The van der Waals surface area contributed by atoms with Gasteiger partial charge in [-0.2, -0.15) is 0 Å². The number of aromatic nitrogens is 1. The largest absolute Gasteiger partial charge is 0.478 e. The molecule has 0 aliphatic rings. The summed E-state index contributed by atoms with van der Waals surface area (Å²) < 4.78 is 0. The van der Waals surface area contributed by atoms with Crippen molar-refractivity contribution in [3.05, 3.63) is 45.4 Å². The molecule has 0 spiro atoms. The lowest BCUT2D eigenvalue weighted by atomic mass is 10.1. The molecule has 0 aliphatic heterocycles. The smallest absolute Gasteiger partial charge is 0.337 e. The summed E-state index contributed by atoms with van der Waals surface area (Å²) in [6.45, 7) is 4.53. The van der Waals surface area contributed by atoms with Crippen LogP contribution in [0.4, 0.5) is 5.69 Å². The Bertz CT molecular complexity index is 593. The third kappa shape index (κ3) is 3.54. The highest BCUT2D eigenvalue weighted by atomic mass is 32.1. The molecule has 2 rings (SSSR count). The van der Waals surface area contributed by atoms with Crippen LogP contribution in [0.2, 0.25) is 0 Å². The van der Waals surface area contributed by atoms with E-state index in [0.29, 0.717) is 17.8 Å². The molecule has 0 unspecified atom stereocenters. The van der Waals surface area contributed by atoms with Crippen LogP contribution in [0.25, 0.3) is 0 Å². The number of nitrogens with one attached hydrogen (secondary N) is 1. The first-order valence-corrected chi connectivity index (χ1v) is 6.93. The third-order valence-electron chi connectivity index (χ3n) is 2.77. The summed E-state index contributed by atoms with van der Waals surface area (Å²) in [5.74, 6) is -0.907. The quantitative estimate of drug-likeness (QED) is 0.880. The third-order valence-corrected chi connectivity index (χ3v) is 3.59. The summed E-state index contributed by atoms with van der Waals surface area (Å²) in [4.78, 5) is 15.5. The van der Waals surface area contributed by atoms with Crippen molar-refractivity contribution in [3.8, 4) is 0 Å². The van der Waals surface area contributed by atoms with E-state index in [4.69, 9.17) is 5.11 Å². The van der Waals surface area contributed by atoms with Crippen LogP contribution in [-0.4, -0.2) is 22.6 Å². The van der Waals surface area contributed by atoms with Crippen LogP contribution in [0.15, 0.2) is 23.6 Å². The number of hydrogen-bond donors (Lipinski definition) is 2. The molecule has 2 N–H and O–H groups in total. The van der Waals surface area contributed by atoms with Crippen molar-refractivity contribution in [1.29, 1.82) is 0 Å². The van der Waals surface area contributed by atoms with Crippen LogP contribution < -0.4 is 5.32 Å². The Labute approximate surface area is 116 Å². The second-order valence-electron chi connectivity index (χ2n) is 4.39. The van der Waals surface area contributed by atoms with Gasteiger partial charge in [-0.05, 0) is 26.0 Å². The predicted octanol–water partition coefficient (Wildman–Crippen LogP) is 3.11. The van der Waals surface area contributed by atoms with Crippen LogP contribution in [-0.2, 0) is 6.42 Å². The summed E-state index contributed by atoms with van der Waals surface area (Å²) in [6.07, 6.45) is 0.789. The standard InChI is InChI=1S/C14H16N2O2S/c1-9-3-4-13(12(7-9)14(17)18)15-6-5-11-8-19-10(2)16-11/h3-4,7-8,15H,5-6H2,1-2H3,(H,17,18). The van der Waals surface area contributed by atoms with Crippen molar-refractivity contribution in [2.75, 3.05) is 11.9 Å². The highest BCUT2D eigenvalue weighted by Crippen LogP contribution is 2.17. The van der Waals surface area contributed by atoms with Crippen LogP contribution in [0.5, 0.6) is 0 Å². The summed E-state index contributed by atoms with van der Waals surface area (Å²) in [6, 6.07) is 5.39. The number of anilines is 1. The number of nitrogens with zero attached hydrogens (tertiary/aromatic N) is 1. The minimum atomic E-state index is -0.907. The van der Waals surface area contributed by atoms with E-state index in [1.165, 1.54) is 0 Å². The van der Waals surface area contributed by atoms with E-state index in [0.717, 1.165) is 22.7 Å². The van der Waals surface area contributed by atoms with Crippen molar-refractivity contribution in [2.45, 2.75) is 20.3 Å². The van der Waals surface area contributed by atoms with E-state index in [1.54, 1.807) is 17.4 Å². The molecule has 0 aliphatic carbocycles. The number of rotatable bonds is 5. The highest BCUT2D eigenvalue weighted by molar-refractivity contribution is 7.09. The van der Waals surface area contributed by atoms with Crippen LogP contribution in [0.3, 0.4) is 0 Å². The van der Waals surface area contributed by atoms with Gasteiger partial charge in [0.25, 0.3) is 0 Å². The van der Waals surface area contributed by atoms with E-state index in [9.17, 15) is 4.79 Å². The molecule has 0 amide bonds. The molecule has 2 aromatic rings. The number of benzene rings is 1. The van der Waals surface area contributed by atoms with E-state index in [2.05, 4.69) is 10.3 Å². The van der Waals surface area contributed by atoms with E-state index < -0.39 is 5.97 Å². The number of aryl methyl sites for hydroxylation is 2. The fourth-order valence-electron chi connectivity index (χ4n) is 1.84. The average Bonchev–Trinajstić information content (AvgIpc) is 2.77. The summed E-state index contributed by atoms with van der Waals surface area (Å²) in [5.41, 5.74) is 2.96. The topological polar surface area (TPSA) is 62.2 Å². The SMILES string of the molecule is Cc1ccc(NCCc2csc(C)n2)c(C(=O)O)c1. The number of thiazole rings is 1. The van der Waals surface area contributed by atoms with E-state index in [1.807, 2.05) is 31.4 Å². The molecule has 0 fully saturated rings. The van der Waals surface area contributed by atoms with Gasteiger partial charge in [-0.15, -0.1) is 11.3 Å². The monoisotopic (exact) mass is 276 g/mol. The highest BCUT2D eigenvalue weighted by Gasteiger charge is 2.09. The molecule has 0 bridgehead atoms.